The number of rotatable bonds is 2. The van der Waals surface area contributed by atoms with Gasteiger partial charge in [0.2, 0.25) is 0 Å². The van der Waals surface area contributed by atoms with Gasteiger partial charge in [-0.1, -0.05) is 0 Å². The highest BCUT2D eigenvalue weighted by molar-refractivity contribution is 14.1. The van der Waals surface area contributed by atoms with Crippen molar-refractivity contribution in [1.82, 2.24) is 4.98 Å². The first-order chi connectivity index (χ1) is 7.81. The molecule has 1 aromatic rings. The Kier molecular flexibility index (Phi) is 4.44. The van der Waals surface area contributed by atoms with E-state index >= 15 is 0 Å². The number of hydrogen-bond donors (Lipinski definition) is 1. The van der Waals surface area contributed by atoms with Gasteiger partial charge in [-0.15, -0.1) is 0 Å². The molecule has 0 fully saturated rings. The molecule has 17 heavy (non-hydrogen) atoms. The molecular weight excluding hydrogens is 335 g/mol. The van der Waals surface area contributed by atoms with Crippen LogP contribution in [0.1, 0.15) is 31.3 Å². The number of anilines is 1. The molecule has 6 heteroatoms. The van der Waals surface area contributed by atoms with Crippen LogP contribution in [0.25, 0.3) is 0 Å². The molecule has 0 saturated carbocycles. The van der Waals surface area contributed by atoms with E-state index in [9.17, 15) is 9.59 Å². The van der Waals surface area contributed by atoms with E-state index in [0.717, 1.165) is 3.57 Å². The van der Waals surface area contributed by atoms with Crippen LogP contribution in [0.5, 0.6) is 0 Å². The van der Waals surface area contributed by atoms with Gasteiger partial charge in [0.15, 0.2) is 6.29 Å². The molecular formula is C11H13IN2O3. The summed E-state index contributed by atoms with van der Waals surface area (Å²) in [4.78, 5) is 26.2. The van der Waals surface area contributed by atoms with E-state index in [1.807, 2.05) is 22.6 Å². The summed E-state index contributed by atoms with van der Waals surface area (Å²) in [7, 11) is 0. The highest BCUT2D eigenvalue weighted by Gasteiger charge is 2.17. The first-order valence-electron chi connectivity index (χ1n) is 4.92. The summed E-state index contributed by atoms with van der Waals surface area (Å²) in [5.74, 6) is 0. The Balaban J connectivity index is 2.84. The Morgan fingerprint density at radius 2 is 2.18 bits per heavy atom. The molecule has 0 bridgehead atoms. The zero-order valence-corrected chi connectivity index (χ0v) is 11.9. The lowest BCUT2D eigenvalue weighted by molar-refractivity contribution is 0.0636. The number of nitrogens with zero attached hydrogens (tertiary/aromatic N) is 1. The van der Waals surface area contributed by atoms with E-state index in [-0.39, 0.29) is 5.69 Å². The molecule has 1 aromatic heterocycles. The van der Waals surface area contributed by atoms with E-state index in [2.05, 4.69) is 10.3 Å². The Hall–Kier alpha value is -1.18. The minimum Gasteiger partial charge on any atom is -0.444 e. The van der Waals surface area contributed by atoms with Gasteiger partial charge in [-0.2, -0.15) is 0 Å². The Morgan fingerprint density at radius 3 is 2.71 bits per heavy atom. The number of amides is 1. The number of ether oxygens (including phenoxy) is 1. The van der Waals surface area contributed by atoms with Crippen molar-refractivity contribution in [3.63, 3.8) is 0 Å². The van der Waals surface area contributed by atoms with Gasteiger partial charge < -0.3 is 4.74 Å². The third kappa shape index (κ3) is 4.68. The fourth-order valence-corrected chi connectivity index (χ4v) is 1.51. The van der Waals surface area contributed by atoms with Crippen LogP contribution in [-0.2, 0) is 4.74 Å². The lowest BCUT2D eigenvalue weighted by Crippen LogP contribution is -2.27. The highest BCUT2D eigenvalue weighted by atomic mass is 127. The predicted octanol–water partition coefficient (Wildman–Crippen LogP) is 2.85. The van der Waals surface area contributed by atoms with Crippen LogP contribution in [0.3, 0.4) is 0 Å². The van der Waals surface area contributed by atoms with Crippen molar-refractivity contribution in [2.75, 3.05) is 5.32 Å². The Labute approximate surface area is 113 Å². The van der Waals surface area contributed by atoms with Crippen molar-refractivity contribution in [1.29, 1.82) is 0 Å². The summed E-state index contributed by atoms with van der Waals surface area (Å²) in [5.41, 5.74) is -0.0572. The zero-order chi connectivity index (χ0) is 13.1. The molecule has 0 unspecified atom stereocenters. The van der Waals surface area contributed by atoms with Crippen LogP contribution in [0.4, 0.5) is 10.5 Å². The molecule has 0 aliphatic carbocycles. The SMILES string of the molecule is CC(C)(C)OC(=O)Nc1cc(I)cnc1C=O. The molecule has 92 valence electrons. The van der Waals surface area contributed by atoms with E-state index in [4.69, 9.17) is 4.74 Å². The van der Waals surface area contributed by atoms with Crippen molar-refractivity contribution in [3.05, 3.63) is 21.5 Å². The second-order valence-electron chi connectivity index (χ2n) is 4.33. The smallest absolute Gasteiger partial charge is 0.412 e. The van der Waals surface area contributed by atoms with Crippen LogP contribution in [-0.4, -0.2) is 23.0 Å². The van der Waals surface area contributed by atoms with Crippen LogP contribution in [0.2, 0.25) is 0 Å². The minimum atomic E-state index is -0.607. The van der Waals surface area contributed by atoms with Crippen molar-refractivity contribution < 1.29 is 14.3 Å². The fourth-order valence-electron chi connectivity index (χ4n) is 1.06. The standard InChI is InChI=1S/C11H13IN2O3/c1-11(2,3)17-10(16)14-8-4-7(12)5-13-9(8)6-15/h4-6H,1-3H3,(H,14,16). The van der Waals surface area contributed by atoms with Crippen LogP contribution in [0, 0.1) is 3.57 Å². The number of halogens is 1. The molecule has 1 N–H and O–H groups in total. The van der Waals surface area contributed by atoms with Crippen molar-refractivity contribution in [2.24, 2.45) is 0 Å². The Bertz CT molecular complexity index is 441. The number of nitrogens with one attached hydrogen (secondary N) is 1. The van der Waals surface area contributed by atoms with Gasteiger partial charge >= 0.3 is 6.09 Å². The second kappa shape index (κ2) is 5.44. The molecule has 0 aliphatic rings. The number of carbonyl (C=O) groups excluding carboxylic acids is 2. The van der Waals surface area contributed by atoms with Gasteiger partial charge in [-0.3, -0.25) is 15.1 Å². The molecule has 0 aromatic carbocycles. The maximum Gasteiger partial charge on any atom is 0.412 e. The van der Waals surface area contributed by atoms with Gasteiger partial charge in [0.25, 0.3) is 0 Å². The molecule has 1 heterocycles. The molecule has 0 saturated heterocycles. The maximum atomic E-state index is 11.5. The van der Waals surface area contributed by atoms with Crippen LogP contribution in [0.15, 0.2) is 12.3 Å². The number of hydrogen-bond acceptors (Lipinski definition) is 4. The second-order valence-corrected chi connectivity index (χ2v) is 5.58. The third-order valence-electron chi connectivity index (χ3n) is 1.63. The molecule has 0 spiro atoms. The average Bonchev–Trinajstić information content (AvgIpc) is 2.14. The van der Waals surface area contributed by atoms with Gasteiger partial charge in [0.05, 0.1) is 5.69 Å². The molecule has 0 radical (unpaired) electrons. The first kappa shape index (κ1) is 13.9. The quantitative estimate of drug-likeness (QED) is 0.659. The zero-order valence-electron chi connectivity index (χ0n) is 9.78. The molecule has 1 amide bonds. The minimum absolute atomic E-state index is 0.177. The topological polar surface area (TPSA) is 68.3 Å². The van der Waals surface area contributed by atoms with E-state index in [0.29, 0.717) is 12.0 Å². The number of pyridine rings is 1. The number of aromatic nitrogens is 1. The summed E-state index contributed by atoms with van der Waals surface area (Å²) >= 11 is 2.04. The van der Waals surface area contributed by atoms with Crippen LogP contribution < -0.4 is 5.32 Å². The van der Waals surface area contributed by atoms with Crippen LogP contribution >= 0.6 is 22.6 Å². The molecule has 5 nitrogen and oxygen atoms in total. The lowest BCUT2D eigenvalue weighted by Gasteiger charge is -2.19. The van der Waals surface area contributed by atoms with E-state index in [1.165, 1.54) is 0 Å². The number of aldehydes is 1. The Morgan fingerprint density at radius 1 is 1.53 bits per heavy atom. The number of carbonyl (C=O) groups is 2. The maximum absolute atomic E-state index is 11.5. The van der Waals surface area contributed by atoms with Crippen molar-refractivity contribution >= 4 is 40.7 Å². The highest BCUT2D eigenvalue weighted by Crippen LogP contribution is 2.16. The van der Waals surface area contributed by atoms with Crippen molar-refractivity contribution in [3.8, 4) is 0 Å². The summed E-state index contributed by atoms with van der Waals surface area (Å²) in [6.45, 7) is 5.29. The molecule has 0 atom stereocenters. The summed E-state index contributed by atoms with van der Waals surface area (Å²) in [5, 5.41) is 2.50. The average molecular weight is 348 g/mol. The monoisotopic (exact) mass is 348 g/mol. The fraction of sp³-hybridized carbons (Fsp3) is 0.364. The largest absolute Gasteiger partial charge is 0.444 e. The van der Waals surface area contributed by atoms with Gasteiger partial charge in [0.1, 0.15) is 11.3 Å². The van der Waals surface area contributed by atoms with Crippen molar-refractivity contribution in [2.45, 2.75) is 26.4 Å². The molecule has 0 aliphatic heterocycles. The lowest BCUT2D eigenvalue weighted by atomic mass is 10.2. The predicted molar refractivity (Wildman–Crippen MR) is 72.2 cm³/mol. The molecule has 1 rings (SSSR count). The first-order valence-corrected chi connectivity index (χ1v) is 6.00. The summed E-state index contributed by atoms with van der Waals surface area (Å²) in [6.07, 6.45) is 1.53. The summed E-state index contributed by atoms with van der Waals surface area (Å²) in [6, 6.07) is 1.65. The normalized spacial score (nSPS) is 10.8. The third-order valence-corrected chi connectivity index (χ3v) is 2.22. The van der Waals surface area contributed by atoms with E-state index < -0.39 is 11.7 Å². The van der Waals surface area contributed by atoms with E-state index in [1.54, 1.807) is 33.0 Å². The van der Waals surface area contributed by atoms with Gasteiger partial charge in [-0.05, 0) is 49.4 Å². The van der Waals surface area contributed by atoms with Gasteiger partial charge in [-0.25, -0.2) is 4.79 Å². The summed E-state index contributed by atoms with van der Waals surface area (Å²) < 4.78 is 5.90. The van der Waals surface area contributed by atoms with Gasteiger partial charge in [0, 0.05) is 9.77 Å².